The van der Waals surface area contributed by atoms with Crippen LogP contribution in [0.3, 0.4) is 0 Å². The quantitative estimate of drug-likeness (QED) is 0.908. The zero-order valence-corrected chi connectivity index (χ0v) is 11.7. The molecule has 2 N–H and O–H groups in total. The number of sulfonamides is 1. The molecule has 0 unspecified atom stereocenters. The number of carboxylic acid groups (broad SMARTS) is 1. The molecular weight excluding hydrogens is 310 g/mol. The van der Waals surface area contributed by atoms with Crippen LogP contribution in [0.25, 0.3) is 0 Å². The third-order valence-electron chi connectivity index (χ3n) is 2.21. The molecule has 5 nitrogen and oxygen atoms in total. The van der Waals surface area contributed by atoms with Gasteiger partial charge in [0.25, 0.3) is 10.0 Å². The molecule has 0 aliphatic carbocycles. The molecule has 0 amide bonds. The van der Waals surface area contributed by atoms with E-state index in [4.69, 9.17) is 16.7 Å². The van der Waals surface area contributed by atoms with Crippen molar-refractivity contribution in [3.8, 4) is 0 Å². The van der Waals surface area contributed by atoms with Gasteiger partial charge in [0, 0.05) is 5.38 Å². The SMILES string of the molecule is O=C(O)c1csc(S(=O)(=O)Nc2ccccc2Cl)c1. The van der Waals surface area contributed by atoms with Gasteiger partial charge in [-0.25, -0.2) is 13.2 Å². The Morgan fingerprint density at radius 1 is 1.32 bits per heavy atom. The Balaban J connectivity index is 2.32. The summed E-state index contributed by atoms with van der Waals surface area (Å²) in [6.07, 6.45) is 0. The summed E-state index contributed by atoms with van der Waals surface area (Å²) >= 11 is 6.69. The second-order valence-corrected chi connectivity index (χ2v) is 6.77. The lowest BCUT2D eigenvalue weighted by atomic mass is 10.3. The molecule has 2 aromatic rings. The number of hydrogen-bond donors (Lipinski definition) is 2. The van der Waals surface area contributed by atoms with E-state index in [9.17, 15) is 13.2 Å². The van der Waals surface area contributed by atoms with Crippen LogP contribution in [-0.4, -0.2) is 19.5 Å². The van der Waals surface area contributed by atoms with Crippen LogP contribution in [0.1, 0.15) is 10.4 Å². The van der Waals surface area contributed by atoms with Crippen LogP contribution < -0.4 is 4.72 Å². The van der Waals surface area contributed by atoms with Gasteiger partial charge in [0.2, 0.25) is 0 Å². The molecule has 0 radical (unpaired) electrons. The molecule has 2 rings (SSSR count). The standard InChI is InChI=1S/C11H8ClNO4S2/c12-8-3-1-2-4-9(8)13-19(16,17)10-5-7(6-18-10)11(14)15/h1-6,13H,(H,14,15). The molecule has 0 spiro atoms. The Kier molecular flexibility index (Phi) is 3.79. The first-order valence-electron chi connectivity index (χ1n) is 4.99. The number of para-hydroxylation sites is 1. The third kappa shape index (κ3) is 3.06. The second-order valence-electron chi connectivity index (χ2n) is 3.54. The highest BCUT2D eigenvalue weighted by Gasteiger charge is 2.19. The number of carboxylic acids is 1. The first-order valence-corrected chi connectivity index (χ1v) is 7.73. The van der Waals surface area contributed by atoms with Crippen molar-refractivity contribution in [2.75, 3.05) is 4.72 Å². The fraction of sp³-hybridized carbons (Fsp3) is 0. The molecule has 0 aliphatic heterocycles. The highest BCUT2D eigenvalue weighted by atomic mass is 35.5. The summed E-state index contributed by atoms with van der Waals surface area (Å²) in [7, 11) is -3.83. The summed E-state index contributed by atoms with van der Waals surface area (Å²) in [6.45, 7) is 0. The fourth-order valence-electron chi connectivity index (χ4n) is 1.31. The lowest BCUT2D eigenvalue weighted by Gasteiger charge is -2.07. The van der Waals surface area contributed by atoms with E-state index >= 15 is 0 Å². The van der Waals surface area contributed by atoms with Gasteiger partial charge in [-0.05, 0) is 18.2 Å². The molecule has 1 aromatic heterocycles. The third-order valence-corrected chi connectivity index (χ3v) is 5.34. The number of rotatable bonds is 4. The van der Waals surface area contributed by atoms with E-state index in [1.54, 1.807) is 18.2 Å². The lowest BCUT2D eigenvalue weighted by Crippen LogP contribution is -2.11. The molecule has 1 aromatic carbocycles. The van der Waals surface area contributed by atoms with Gasteiger partial charge in [0.05, 0.1) is 16.3 Å². The van der Waals surface area contributed by atoms with Gasteiger partial charge in [0.1, 0.15) is 4.21 Å². The second kappa shape index (κ2) is 5.20. The van der Waals surface area contributed by atoms with Crippen LogP contribution in [0, 0.1) is 0 Å². The summed E-state index contributed by atoms with van der Waals surface area (Å²) in [5.41, 5.74) is 0.180. The maximum atomic E-state index is 12.0. The van der Waals surface area contributed by atoms with Crippen molar-refractivity contribution >= 4 is 44.6 Å². The number of thiophene rings is 1. The first kappa shape index (κ1) is 13.9. The lowest BCUT2D eigenvalue weighted by molar-refractivity contribution is 0.0697. The summed E-state index contributed by atoms with van der Waals surface area (Å²) in [5.74, 6) is -1.17. The number of benzene rings is 1. The normalized spacial score (nSPS) is 11.2. The Labute approximate surface area is 118 Å². The minimum absolute atomic E-state index is 0.0652. The van der Waals surface area contributed by atoms with Gasteiger partial charge in [-0.2, -0.15) is 0 Å². The van der Waals surface area contributed by atoms with Crippen LogP contribution in [0.4, 0.5) is 5.69 Å². The van der Waals surface area contributed by atoms with Crippen LogP contribution in [0.5, 0.6) is 0 Å². The van der Waals surface area contributed by atoms with Crippen LogP contribution in [-0.2, 0) is 10.0 Å². The van der Waals surface area contributed by atoms with E-state index in [2.05, 4.69) is 4.72 Å². The number of carbonyl (C=O) groups is 1. The predicted octanol–water partition coefficient (Wildman–Crippen LogP) is 2.90. The van der Waals surface area contributed by atoms with Gasteiger partial charge >= 0.3 is 5.97 Å². The van der Waals surface area contributed by atoms with E-state index in [0.29, 0.717) is 0 Å². The van der Waals surface area contributed by atoms with Crippen molar-refractivity contribution in [1.29, 1.82) is 0 Å². The monoisotopic (exact) mass is 317 g/mol. The zero-order chi connectivity index (χ0) is 14.0. The fourth-order valence-corrected chi connectivity index (χ4v) is 3.78. The smallest absolute Gasteiger partial charge is 0.336 e. The number of hydrogen-bond acceptors (Lipinski definition) is 4. The van der Waals surface area contributed by atoms with Crippen LogP contribution in [0.15, 0.2) is 39.9 Å². The van der Waals surface area contributed by atoms with Crippen molar-refractivity contribution in [1.82, 2.24) is 0 Å². The van der Waals surface area contributed by atoms with E-state index < -0.39 is 16.0 Å². The average Bonchev–Trinajstić information content (AvgIpc) is 2.82. The van der Waals surface area contributed by atoms with Crippen LogP contribution in [0.2, 0.25) is 5.02 Å². The summed E-state index contributed by atoms with van der Waals surface area (Å²) in [5, 5.41) is 10.3. The number of halogens is 1. The van der Waals surface area contributed by atoms with E-state index in [1.165, 1.54) is 11.4 Å². The largest absolute Gasteiger partial charge is 0.478 e. The minimum Gasteiger partial charge on any atom is -0.478 e. The van der Waals surface area contributed by atoms with Gasteiger partial charge < -0.3 is 5.11 Å². The number of anilines is 1. The molecule has 1 heterocycles. The molecule has 0 fully saturated rings. The Morgan fingerprint density at radius 2 is 2.00 bits per heavy atom. The number of aromatic carboxylic acids is 1. The molecule has 100 valence electrons. The molecule has 0 bridgehead atoms. The zero-order valence-electron chi connectivity index (χ0n) is 9.33. The molecule has 0 aliphatic rings. The highest BCUT2D eigenvalue weighted by molar-refractivity contribution is 7.94. The Bertz CT molecular complexity index is 724. The van der Waals surface area contributed by atoms with E-state index in [0.717, 1.165) is 17.4 Å². The maximum absolute atomic E-state index is 12.0. The summed E-state index contributed by atoms with van der Waals surface area (Å²) in [6, 6.07) is 7.49. The number of nitrogens with one attached hydrogen (secondary N) is 1. The summed E-state index contributed by atoms with van der Waals surface area (Å²) in [4.78, 5) is 10.7. The van der Waals surface area contributed by atoms with E-state index in [1.807, 2.05) is 0 Å². The molecular formula is C11H8ClNO4S2. The van der Waals surface area contributed by atoms with Crippen molar-refractivity contribution in [3.63, 3.8) is 0 Å². The van der Waals surface area contributed by atoms with Gasteiger partial charge in [-0.15, -0.1) is 11.3 Å². The van der Waals surface area contributed by atoms with Crippen molar-refractivity contribution in [2.24, 2.45) is 0 Å². The van der Waals surface area contributed by atoms with Gasteiger partial charge in [-0.1, -0.05) is 23.7 Å². The van der Waals surface area contributed by atoms with E-state index in [-0.39, 0.29) is 20.5 Å². The predicted molar refractivity (Wildman–Crippen MR) is 73.5 cm³/mol. The Hall–Kier alpha value is -1.57. The molecule has 0 saturated carbocycles. The molecule has 8 heteroatoms. The first-order chi connectivity index (χ1) is 8.90. The van der Waals surface area contributed by atoms with Gasteiger partial charge in [-0.3, -0.25) is 4.72 Å². The average molecular weight is 318 g/mol. The van der Waals surface area contributed by atoms with Crippen molar-refractivity contribution in [2.45, 2.75) is 4.21 Å². The maximum Gasteiger partial charge on any atom is 0.336 e. The van der Waals surface area contributed by atoms with Gasteiger partial charge in [0.15, 0.2) is 0 Å². The van der Waals surface area contributed by atoms with Crippen molar-refractivity contribution < 1.29 is 18.3 Å². The molecule has 0 atom stereocenters. The minimum atomic E-state index is -3.83. The van der Waals surface area contributed by atoms with Crippen molar-refractivity contribution in [3.05, 3.63) is 46.3 Å². The highest BCUT2D eigenvalue weighted by Crippen LogP contribution is 2.26. The molecule has 0 saturated heterocycles. The Morgan fingerprint density at radius 3 is 2.58 bits per heavy atom. The topological polar surface area (TPSA) is 83.5 Å². The summed E-state index contributed by atoms with van der Waals surface area (Å²) < 4.78 is 26.3. The molecule has 19 heavy (non-hydrogen) atoms. The van der Waals surface area contributed by atoms with Crippen LogP contribution >= 0.6 is 22.9 Å².